The monoisotopic (exact) mass is 256 g/mol. The summed E-state index contributed by atoms with van der Waals surface area (Å²) in [6.45, 7) is 0. The zero-order valence-corrected chi connectivity index (χ0v) is 10.5. The number of carbonyl (C=O) groups excluding carboxylic acids is 1. The van der Waals surface area contributed by atoms with Crippen LogP contribution in [0.4, 0.5) is 0 Å². The van der Waals surface area contributed by atoms with Gasteiger partial charge >= 0.3 is 5.97 Å². The number of carbonyl (C=O) groups is 1. The Morgan fingerprint density at radius 1 is 1.00 bits per heavy atom. The Kier molecular flexibility index (Phi) is 4.66. The largest absolute Gasteiger partial charge is 0.356 e. The normalized spacial score (nSPS) is 10.4. The summed E-state index contributed by atoms with van der Waals surface area (Å²) in [5, 5.41) is 0. The van der Waals surface area contributed by atoms with Gasteiger partial charge in [-0.3, -0.25) is 4.79 Å². The molecule has 0 unspecified atom stereocenters. The molecule has 0 bridgehead atoms. The molecular formula is C15H16N2O2. The van der Waals surface area contributed by atoms with E-state index in [1.54, 1.807) is 0 Å². The van der Waals surface area contributed by atoms with Crippen LogP contribution in [0.1, 0.15) is 23.5 Å². The van der Waals surface area contributed by atoms with Gasteiger partial charge in [-0.25, -0.2) is 5.84 Å². The van der Waals surface area contributed by atoms with Gasteiger partial charge in [0.2, 0.25) is 0 Å². The first kappa shape index (κ1) is 13.3. The molecule has 4 nitrogen and oxygen atoms in total. The lowest BCUT2D eigenvalue weighted by atomic mass is 9.89. The van der Waals surface area contributed by atoms with E-state index in [2.05, 4.69) is 4.84 Å². The molecular weight excluding hydrogens is 240 g/mol. The highest BCUT2D eigenvalue weighted by molar-refractivity contribution is 5.71. The van der Waals surface area contributed by atoms with Crippen molar-refractivity contribution in [2.24, 2.45) is 5.84 Å². The minimum Gasteiger partial charge on any atom is -0.356 e. The fourth-order valence-electron chi connectivity index (χ4n) is 2.07. The molecule has 19 heavy (non-hydrogen) atoms. The van der Waals surface area contributed by atoms with Crippen LogP contribution in [0.3, 0.4) is 0 Å². The van der Waals surface area contributed by atoms with E-state index in [-0.39, 0.29) is 18.3 Å². The standard InChI is InChI=1S/C15H16N2O2/c16-17-19-15(18)11-14(12-7-3-1-4-8-12)13-9-5-2-6-10-13/h1-10,14,17H,11,16H2. The molecule has 2 aromatic rings. The van der Waals surface area contributed by atoms with Crippen molar-refractivity contribution >= 4 is 5.97 Å². The second-order valence-electron chi connectivity index (χ2n) is 4.17. The number of nitrogens with one attached hydrogen (secondary N) is 1. The molecule has 0 fully saturated rings. The van der Waals surface area contributed by atoms with E-state index < -0.39 is 0 Å². The molecule has 98 valence electrons. The van der Waals surface area contributed by atoms with E-state index in [1.807, 2.05) is 66.3 Å². The molecule has 0 atom stereocenters. The molecule has 2 aromatic carbocycles. The Balaban J connectivity index is 2.26. The first-order valence-electron chi connectivity index (χ1n) is 6.06. The van der Waals surface area contributed by atoms with Gasteiger partial charge in [0.15, 0.2) is 0 Å². The molecule has 0 aliphatic heterocycles. The highest BCUT2D eigenvalue weighted by Crippen LogP contribution is 2.27. The quantitative estimate of drug-likeness (QED) is 0.635. The molecule has 0 aliphatic carbocycles. The van der Waals surface area contributed by atoms with Crippen LogP contribution in [-0.4, -0.2) is 5.97 Å². The molecule has 2 rings (SSSR count). The Morgan fingerprint density at radius 3 is 1.89 bits per heavy atom. The summed E-state index contributed by atoms with van der Waals surface area (Å²) in [7, 11) is 0. The SMILES string of the molecule is NNOC(=O)CC(c1ccccc1)c1ccccc1. The molecule has 3 N–H and O–H groups in total. The van der Waals surface area contributed by atoms with Crippen LogP contribution in [0.25, 0.3) is 0 Å². The summed E-state index contributed by atoms with van der Waals surface area (Å²) in [4.78, 5) is 16.2. The predicted molar refractivity (Wildman–Crippen MR) is 72.8 cm³/mol. The number of hydrogen-bond acceptors (Lipinski definition) is 4. The lowest BCUT2D eigenvalue weighted by molar-refractivity contribution is -0.151. The average molecular weight is 256 g/mol. The van der Waals surface area contributed by atoms with Crippen molar-refractivity contribution in [3.8, 4) is 0 Å². The second-order valence-corrected chi connectivity index (χ2v) is 4.17. The lowest BCUT2D eigenvalue weighted by Gasteiger charge is -2.16. The molecule has 0 aliphatic rings. The van der Waals surface area contributed by atoms with Gasteiger partial charge in [0.05, 0.1) is 6.42 Å². The Morgan fingerprint density at radius 2 is 1.47 bits per heavy atom. The van der Waals surface area contributed by atoms with Crippen molar-refractivity contribution in [3.63, 3.8) is 0 Å². The van der Waals surface area contributed by atoms with Gasteiger partial charge in [-0.15, -0.1) is 0 Å². The summed E-state index contributed by atoms with van der Waals surface area (Å²) in [6, 6.07) is 19.7. The van der Waals surface area contributed by atoms with Gasteiger partial charge in [0, 0.05) is 5.92 Å². The molecule has 0 aromatic heterocycles. The van der Waals surface area contributed by atoms with Crippen molar-refractivity contribution in [1.82, 2.24) is 5.59 Å². The molecule has 0 amide bonds. The topological polar surface area (TPSA) is 64.3 Å². The minimum atomic E-state index is -0.389. The van der Waals surface area contributed by atoms with Gasteiger partial charge < -0.3 is 4.84 Å². The van der Waals surface area contributed by atoms with Crippen LogP contribution in [0.15, 0.2) is 60.7 Å². The smallest absolute Gasteiger partial charge is 0.327 e. The highest BCUT2D eigenvalue weighted by atomic mass is 16.7. The number of rotatable bonds is 5. The maximum Gasteiger partial charge on any atom is 0.327 e. The van der Waals surface area contributed by atoms with Crippen LogP contribution in [0.5, 0.6) is 0 Å². The maximum absolute atomic E-state index is 11.6. The van der Waals surface area contributed by atoms with E-state index in [4.69, 9.17) is 5.84 Å². The van der Waals surface area contributed by atoms with Crippen molar-refractivity contribution in [2.75, 3.05) is 0 Å². The van der Waals surface area contributed by atoms with E-state index in [9.17, 15) is 4.79 Å². The lowest BCUT2D eigenvalue weighted by Crippen LogP contribution is -2.27. The first-order chi connectivity index (χ1) is 9.31. The third-order valence-corrected chi connectivity index (χ3v) is 2.95. The van der Waals surface area contributed by atoms with Gasteiger partial charge in [0.1, 0.15) is 0 Å². The van der Waals surface area contributed by atoms with Crippen LogP contribution < -0.4 is 11.4 Å². The zero-order valence-electron chi connectivity index (χ0n) is 10.5. The van der Waals surface area contributed by atoms with Crippen molar-refractivity contribution in [3.05, 3.63) is 71.8 Å². The number of hydrogen-bond donors (Lipinski definition) is 2. The number of hydrazine groups is 1. The van der Waals surface area contributed by atoms with Crippen molar-refractivity contribution in [1.29, 1.82) is 0 Å². The van der Waals surface area contributed by atoms with Gasteiger partial charge in [-0.1, -0.05) is 66.3 Å². The van der Waals surface area contributed by atoms with Crippen LogP contribution in [0, 0.1) is 0 Å². The highest BCUT2D eigenvalue weighted by Gasteiger charge is 2.18. The van der Waals surface area contributed by atoms with Gasteiger partial charge in [-0.2, -0.15) is 0 Å². The molecule has 4 heteroatoms. The van der Waals surface area contributed by atoms with Crippen LogP contribution in [-0.2, 0) is 9.63 Å². The van der Waals surface area contributed by atoms with Crippen molar-refractivity contribution in [2.45, 2.75) is 12.3 Å². The van der Waals surface area contributed by atoms with Crippen LogP contribution >= 0.6 is 0 Å². The fourth-order valence-corrected chi connectivity index (χ4v) is 2.07. The van der Waals surface area contributed by atoms with Crippen LogP contribution in [0.2, 0.25) is 0 Å². The molecule has 0 radical (unpaired) electrons. The third kappa shape index (κ3) is 3.64. The van der Waals surface area contributed by atoms with Gasteiger partial charge in [0.25, 0.3) is 0 Å². The molecule has 0 saturated heterocycles. The zero-order chi connectivity index (χ0) is 13.5. The summed E-state index contributed by atoms with van der Waals surface area (Å²) in [6.07, 6.45) is 0.234. The third-order valence-electron chi connectivity index (χ3n) is 2.95. The van der Waals surface area contributed by atoms with Crippen molar-refractivity contribution < 1.29 is 9.63 Å². The van der Waals surface area contributed by atoms with E-state index in [0.29, 0.717) is 0 Å². The molecule has 0 heterocycles. The summed E-state index contributed by atoms with van der Waals surface area (Å²) >= 11 is 0. The van der Waals surface area contributed by atoms with E-state index >= 15 is 0 Å². The number of nitrogens with two attached hydrogens (primary N) is 1. The fraction of sp³-hybridized carbons (Fsp3) is 0.133. The number of benzene rings is 2. The van der Waals surface area contributed by atoms with Gasteiger partial charge in [-0.05, 0) is 11.1 Å². The second kappa shape index (κ2) is 6.68. The summed E-state index contributed by atoms with van der Waals surface area (Å²) < 4.78 is 0. The maximum atomic E-state index is 11.6. The first-order valence-corrected chi connectivity index (χ1v) is 6.06. The van der Waals surface area contributed by atoms with E-state index in [1.165, 1.54) is 0 Å². The predicted octanol–water partition coefficient (Wildman–Crippen LogP) is 2.13. The Hall–Kier alpha value is -2.17. The average Bonchev–Trinajstić information content (AvgIpc) is 2.47. The summed E-state index contributed by atoms with van der Waals surface area (Å²) in [5.74, 6) is 4.56. The van der Waals surface area contributed by atoms with E-state index in [0.717, 1.165) is 11.1 Å². The minimum absolute atomic E-state index is 0.0387. The molecule has 0 spiro atoms. The summed E-state index contributed by atoms with van der Waals surface area (Å²) in [5.41, 5.74) is 4.07. The Labute approximate surface area is 112 Å². The molecule has 0 saturated carbocycles. The Bertz CT molecular complexity index is 475.